The number of ketones is 1. The van der Waals surface area contributed by atoms with Gasteiger partial charge >= 0.3 is 12.1 Å². The Bertz CT molecular complexity index is 580. The van der Waals surface area contributed by atoms with Crippen molar-refractivity contribution in [2.24, 2.45) is 0 Å². The minimum absolute atomic E-state index is 0.0895. The predicted molar refractivity (Wildman–Crippen MR) is 70.9 cm³/mol. The average molecular weight is 295 g/mol. The number of esters is 1. The molecule has 0 saturated heterocycles. The summed E-state index contributed by atoms with van der Waals surface area (Å²) in [4.78, 5) is 35.9. The predicted octanol–water partition coefficient (Wildman–Crippen LogP) is 0.970. The number of amides is 1. The number of hydrogen-bond donors (Lipinski definition) is 2. The summed E-state index contributed by atoms with van der Waals surface area (Å²) in [7, 11) is 0. The van der Waals surface area contributed by atoms with Crippen molar-refractivity contribution >= 4 is 17.8 Å². The standard InChI is InChI=1S/C13H17N3O5/c1-3-21-11(18)5-10(17)12-8-6-16(13(19)20)7(2)4-9(8)14-15-12/h7H,3-6H2,1-2H3,(H,14,15)(H,19,20)/t7-/m1/s1. The van der Waals surface area contributed by atoms with Crippen LogP contribution in [-0.4, -0.2) is 50.7 Å². The van der Waals surface area contributed by atoms with Gasteiger partial charge in [-0.2, -0.15) is 5.10 Å². The van der Waals surface area contributed by atoms with Crippen LogP contribution in [0.25, 0.3) is 0 Å². The summed E-state index contributed by atoms with van der Waals surface area (Å²) in [5.74, 6) is -1.08. The second-order valence-electron chi connectivity index (χ2n) is 4.90. The minimum Gasteiger partial charge on any atom is -0.466 e. The zero-order valence-electron chi connectivity index (χ0n) is 11.9. The highest BCUT2D eigenvalue weighted by Crippen LogP contribution is 2.25. The molecule has 2 N–H and O–H groups in total. The molecule has 0 aromatic carbocycles. The van der Waals surface area contributed by atoms with Crippen LogP contribution >= 0.6 is 0 Å². The number of aromatic nitrogens is 2. The number of carboxylic acid groups (broad SMARTS) is 1. The number of aromatic amines is 1. The molecule has 0 saturated carbocycles. The van der Waals surface area contributed by atoms with Crippen LogP contribution in [0.2, 0.25) is 0 Å². The zero-order chi connectivity index (χ0) is 15.6. The zero-order valence-corrected chi connectivity index (χ0v) is 11.9. The van der Waals surface area contributed by atoms with Crippen LogP contribution in [0.4, 0.5) is 4.79 Å². The lowest BCUT2D eigenvalue weighted by molar-refractivity contribution is -0.141. The first-order valence-electron chi connectivity index (χ1n) is 6.68. The van der Waals surface area contributed by atoms with Gasteiger partial charge in [0.05, 0.1) is 13.2 Å². The average Bonchev–Trinajstić information content (AvgIpc) is 2.80. The highest BCUT2D eigenvalue weighted by Gasteiger charge is 2.32. The van der Waals surface area contributed by atoms with E-state index in [1.165, 1.54) is 4.90 Å². The van der Waals surface area contributed by atoms with Gasteiger partial charge in [-0.1, -0.05) is 0 Å². The van der Waals surface area contributed by atoms with E-state index in [1.807, 2.05) is 0 Å². The molecule has 1 aromatic rings. The van der Waals surface area contributed by atoms with E-state index in [4.69, 9.17) is 9.84 Å². The third-order valence-corrected chi connectivity index (χ3v) is 3.43. The smallest absolute Gasteiger partial charge is 0.407 e. The number of ether oxygens (including phenoxy) is 1. The largest absolute Gasteiger partial charge is 0.466 e. The molecule has 1 aromatic heterocycles. The molecule has 2 heterocycles. The normalized spacial score (nSPS) is 17.2. The summed E-state index contributed by atoms with van der Waals surface area (Å²) in [6.07, 6.45) is -0.979. The number of carbonyl (C=O) groups is 3. The molecule has 0 fully saturated rings. The van der Waals surface area contributed by atoms with Gasteiger partial charge in [0.2, 0.25) is 0 Å². The van der Waals surface area contributed by atoms with E-state index >= 15 is 0 Å². The van der Waals surface area contributed by atoms with Gasteiger partial charge in [0.25, 0.3) is 0 Å². The molecule has 8 nitrogen and oxygen atoms in total. The quantitative estimate of drug-likeness (QED) is 0.486. The molecule has 0 aliphatic carbocycles. The van der Waals surface area contributed by atoms with E-state index in [0.717, 1.165) is 5.69 Å². The third-order valence-electron chi connectivity index (χ3n) is 3.43. The molecule has 2 rings (SSSR count). The minimum atomic E-state index is -1.04. The Morgan fingerprint density at radius 1 is 1.48 bits per heavy atom. The summed E-state index contributed by atoms with van der Waals surface area (Å²) < 4.78 is 4.73. The Morgan fingerprint density at radius 3 is 2.81 bits per heavy atom. The van der Waals surface area contributed by atoms with E-state index in [2.05, 4.69) is 10.2 Å². The first-order chi connectivity index (χ1) is 9.93. The molecule has 0 unspecified atom stereocenters. The molecule has 0 spiro atoms. The van der Waals surface area contributed by atoms with Crippen LogP contribution in [0.3, 0.4) is 0 Å². The van der Waals surface area contributed by atoms with Gasteiger partial charge in [-0.05, 0) is 13.8 Å². The molecule has 0 radical (unpaired) electrons. The maximum Gasteiger partial charge on any atom is 0.407 e. The molecule has 114 valence electrons. The fraction of sp³-hybridized carbons (Fsp3) is 0.538. The lowest BCUT2D eigenvalue weighted by atomic mass is 9.98. The van der Waals surface area contributed by atoms with E-state index < -0.39 is 24.3 Å². The van der Waals surface area contributed by atoms with Gasteiger partial charge in [0.1, 0.15) is 12.1 Å². The lowest BCUT2D eigenvalue weighted by Crippen LogP contribution is -2.42. The fourth-order valence-corrected chi connectivity index (χ4v) is 2.39. The van der Waals surface area contributed by atoms with E-state index in [-0.39, 0.29) is 24.9 Å². The Hall–Kier alpha value is -2.38. The van der Waals surface area contributed by atoms with Crippen molar-refractivity contribution in [3.8, 4) is 0 Å². The number of rotatable bonds is 4. The third kappa shape index (κ3) is 3.04. The number of nitrogens with one attached hydrogen (secondary N) is 1. The number of fused-ring (bicyclic) bond motifs is 1. The number of carbonyl (C=O) groups excluding carboxylic acids is 2. The highest BCUT2D eigenvalue weighted by atomic mass is 16.5. The van der Waals surface area contributed by atoms with Crippen molar-refractivity contribution in [1.29, 1.82) is 0 Å². The van der Waals surface area contributed by atoms with Crippen molar-refractivity contribution < 1.29 is 24.2 Å². The SMILES string of the molecule is CCOC(=O)CC(=O)c1n[nH]c2c1CN(C(=O)O)[C@H](C)C2. The molecule has 1 amide bonds. The van der Waals surface area contributed by atoms with Crippen molar-refractivity contribution in [2.75, 3.05) is 6.61 Å². The maximum atomic E-state index is 12.1. The van der Waals surface area contributed by atoms with Gasteiger partial charge in [-0.3, -0.25) is 14.7 Å². The summed E-state index contributed by atoms with van der Waals surface area (Å²) in [6.45, 7) is 3.74. The van der Waals surface area contributed by atoms with Crippen LogP contribution in [0, 0.1) is 0 Å². The Labute approximate surface area is 121 Å². The van der Waals surface area contributed by atoms with E-state index in [0.29, 0.717) is 12.0 Å². The fourth-order valence-electron chi connectivity index (χ4n) is 2.39. The van der Waals surface area contributed by atoms with Crippen molar-refractivity contribution in [3.63, 3.8) is 0 Å². The number of nitrogens with zero attached hydrogens (tertiary/aromatic N) is 2. The first-order valence-corrected chi connectivity index (χ1v) is 6.68. The van der Waals surface area contributed by atoms with Gasteiger partial charge < -0.3 is 14.7 Å². The maximum absolute atomic E-state index is 12.1. The van der Waals surface area contributed by atoms with Crippen molar-refractivity contribution in [1.82, 2.24) is 15.1 Å². The van der Waals surface area contributed by atoms with Crippen LogP contribution in [0.15, 0.2) is 0 Å². The van der Waals surface area contributed by atoms with Crippen LogP contribution in [0.5, 0.6) is 0 Å². The molecule has 21 heavy (non-hydrogen) atoms. The van der Waals surface area contributed by atoms with E-state index in [1.54, 1.807) is 13.8 Å². The number of H-pyrrole nitrogens is 1. The van der Waals surface area contributed by atoms with Gasteiger partial charge in [0.15, 0.2) is 5.78 Å². The summed E-state index contributed by atoms with van der Waals surface area (Å²) >= 11 is 0. The summed E-state index contributed by atoms with van der Waals surface area (Å²) in [5.41, 5.74) is 1.41. The summed E-state index contributed by atoms with van der Waals surface area (Å²) in [6, 6.07) is -0.191. The van der Waals surface area contributed by atoms with E-state index in [9.17, 15) is 14.4 Å². The molecular weight excluding hydrogens is 278 g/mol. The van der Waals surface area contributed by atoms with Crippen LogP contribution < -0.4 is 0 Å². The second-order valence-corrected chi connectivity index (χ2v) is 4.90. The van der Waals surface area contributed by atoms with Crippen LogP contribution in [-0.2, 0) is 22.5 Å². The van der Waals surface area contributed by atoms with Gasteiger partial charge in [-0.25, -0.2) is 4.79 Å². The summed E-state index contributed by atoms with van der Waals surface area (Å²) in [5, 5.41) is 15.8. The second kappa shape index (κ2) is 5.94. The monoisotopic (exact) mass is 295 g/mol. The first kappa shape index (κ1) is 15.0. The van der Waals surface area contributed by atoms with Gasteiger partial charge in [0, 0.05) is 23.7 Å². The Morgan fingerprint density at radius 2 is 2.19 bits per heavy atom. The van der Waals surface area contributed by atoms with Crippen molar-refractivity contribution in [3.05, 3.63) is 17.0 Å². The molecule has 0 bridgehead atoms. The topological polar surface area (TPSA) is 113 Å². The number of Topliss-reactive ketones (excluding diaryl/α,β-unsaturated/α-hetero) is 1. The molecule has 8 heteroatoms. The molecular formula is C13H17N3O5. The number of hydrogen-bond acceptors (Lipinski definition) is 5. The Balaban J connectivity index is 2.19. The molecule has 1 aliphatic rings. The van der Waals surface area contributed by atoms with Crippen LogP contribution in [0.1, 0.15) is 42.0 Å². The molecule has 1 aliphatic heterocycles. The Kier molecular flexibility index (Phi) is 4.25. The van der Waals surface area contributed by atoms with Gasteiger partial charge in [-0.15, -0.1) is 0 Å². The van der Waals surface area contributed by atoms with Crippen molar-refractivity contribution in [2.45, 2.75) is 39.3 Å². The lowest BCUT2D eigenvalue weighted by Gasteiger charge is -2.30. The molecule has 1 atom stereocenters. The highest BCUT2D eigenvalue weighted by molar-refractivity contribution is 6.05.